The molecule has 0 amide bonds. The molecule has 0 aliphatic rings. The molecule has 0 saturated heterocycles. The van der Waals surface area contributed by atoms with E-state index in [2.05, 4.69) is 0 Å². The first-order valence-corrected chi connectivity index (χ1v) is 6.09. The molecule has 0 saturated carbocycles. The summed E-state index contributed by atoms with van der Waals surface area (Å²) in [6, 6.07) is 3.67. The largest absolute Gasteiger partial charge is 0.302 e. The summed E-state index contributed by atoms with van der Waals surface area (Å²) in [6.45, 7) is 0. The summed E-state index contributed by atoms with van der Waals surface area (Å²) in [4.78, 5) is 10.1. The first kappa shape index (κ1) is 12.5. The van der Waals surface area contributed by atoms with Gasteiger partial charge in [0.25, 0.3) is 5.24 Å². The Hall–Kier alpha value is -0.600. The van der Waals surface area contributed by atoms with Gasteiger partial charge in [-0.25, -0.2) is 8.42 Å². The fraction of sp³-hybridized carbons (Fsp3) is 0. The molecule has 2 N–H and O–H groups in total. The normalized spacial score (nSPS) is 14.6. The Kier molecular flexibility index (Phi) is 4.12. The molecule has 0 aliphatic heterocycles. The van der Waals surface area contributed by atoms with Crippen LogP contribution in [0.4, 0.5) is 0 Å². The van der Waals surface area contributed by atoms with Crippen molar-refractivity contribution in [3.63, 3.8) is 0 Å². The van der Waals surface area contributed by atoms with Crippen LogP contribution in [0.15, 0.2) is 28.0 Å². The second-order valence-electron chi connectivity index (χ2n) is 2.40. The summed E-state index contributed by atoms with van der Waals surface area (Å²) in [5.74, 6) is 0. The molecule has 2 unspecified atom stereocenters. The molecule has 1 aromatic rings. The van der Waals surface area contributed by atoms with Crippen LogP contribution in [0, 0.1) is 0 Å². The van der Waals surface area contributed by atoms with Crippen molar-refractivity contribution in [2.24, 2.45) is 0 Å². The highest BCUT2D eigenvalue weighted by atomic mass is 35.5. The highest BCUT2D eigenvalue weighted by Gasteiger charge is 2.20. The quantitative estimate of drug-likeness (QED) is 0.635. The van der Waals surface area contributed by atoms with Gasteiger partial charge in [-0.05, 0) is 23.7 Å². The van der Waals surface area contributed by atoms with Crippen LogP contribution in [0.5, 0.6) is 0 Å². The van der Waals surface area contributed by atoms with Gasteiger partial charge in [-0.3, -0.25) is 4.79 Å². The third-order valence-electron chi connectivity index (χ3n) is 1.55. The Morgan fingerprint density at radius 2 is 1.80 bits per heavy atom. The van der Waals surface area contributed by atoms with Crippen molar-refractivity contribution in [2.45, 2.75) is 9.79 Å². The Bertz CT molecular complexity index is 426. The summed E-state index contributed by atoms with van der Waals surface area (Å²) < 4.78 is 39.4. The van der Waals surface area contributed by atoms with E-state index in [0.29, 0.717) is 0 Å². The van der Waals surface area contributed by atoms with Crippen LogP contribution < -0.4 is 0 Å². The molecule has 82 valence electrons. The fourth-order valence-electron chi connectivity index (χ4n) is 0.988. The van der Waals surface area contributed by atoms with Crippen LogP contribution in [0.25, 0.3) is 0 Å². The lowest BCUT2D eigenvalue weighted by Crippen LogP contribution is -2.05. The van der Waals surface area contributed by atoms with Crippen LogP contribution >= 0.6 is 11.6 Å². The lowest BCUT2D eigenvalue weighted by Gasteiger charge is -2.05. The van der Waals surface area contributed by atoms with Gasteiger partial charge in [0.05, 0.1) is 15.4 Å². The first-order valence-electron chi connectivity index (χ1n) is 3.49. The molecule has 0 fully saturated rings. The number of carbonyl (C=O) groups is 1. The van der Waals surface area contributed by atoms with Crippen molar-refractivity contribution in [1.29, 1.82) is 0 Å². The van der Waals surface area contributed by atoms with Crippen molar-refractivity contribution in [3.8, 4) is 0 Å². The van der Waals surface area contributed by atoms with Crippen molar-refractivity contribution in [2.75, 3.05) is 0 Å². The fourth-order valence-corrected chi connectivity index (χ4v) is 2.68. The molecule has 0 aromatic heterocycles. The van der Waals surface area contributed by atoms with Crippen LogP contribution in [0.2, 0.25) is 0 Å². The maximum atomic E-state index is 10.9. The summed E-state index contributed by atoms with van der Waals surface area (Å²) in [6.07, 6.45) is 0. The van der Waals surface area contributed by atoms with Crippen LogP contribution in [0.1, 0.15) is 10.4 Å². The number of benzene rings is 1. The van der Waals surface area contributed by atoms with Gasteiger partial charge >= 0.3 is 0 Å². The number of carbonyl (C=O) groups excluding carboxylic acids is 1. The first-order chi connectivity index (χ1) is 6.95. The van der Waals surface area contributed by atoms with Crippen LogP contribution in [-0.2, 0) is 22.2 Å². The number of hydrogen-bond acceptors (Lipinski definition) is 3. The third-order valence-corrected chi connectivity index (χ3v) is 3.39. The van der Waals surface area contributed by atoms with Crippen molar-refractivity contribution in [3.05, 3.63) is 23.8 Å². The minimum Gasteiger partial charge on any atom is -0.302 e. The number of halogens is 1. The van der Waals surface area contributed by atoms with E-state index in [1.54, 1.807) is 0 Å². The van der Waals surface area contributed by atoms with E-state index in [4.69, 9.17) is 20.7 Å². The highest BCUT2D eigenvalue weighted by Crippen LogP contribution is 2.22. The Labute approximate surface area is 95.0 Å². The Balaban J connectivity index is 3.56. The predicted molar refractivity (Wildman–Crippen MR) is 54.7 cm³/mol. The molecule has 1 rings (SSSR count). The van der Waals surface area contributed by atoms with Gasteiger partial charge in [-0.15, -0.1) is 0 Å². The molecule has 2 atom stereocenters. The SMILES string of the molecule is O=C(Cl)c1cccc(S(=O)O)c1S(=O)O. The molecule has 8 heteroatoms. The molecule has 0 heterocycles. The van der Waals surface area contributed by atoms with E-state index < -0.39 is 32.3 Å². The summed E-state index contributed by atoms with van der Waals surface area (Å²) in [5.41, 5.74) is -0.252. The maximum absolute atomic E-state index is 10.9. The molecule has 5 nitrogen and oxygen atoms in total. The van der Waals surface area contributed by atoms with Gasteiger partial charge in [0.1, 0.15) is 0 Å². The third kappa shape index (κ3) is 2.70. The van der Waals surface area contributed by atoms with Gasteiger partial charge in [-0.2, -0.15) is 0 Å². The zero-order chi connectivity index (χ0) is 11.6. The van der Waals surface area contributed by atoms with Gasteiger partial charge < -0.3 is 9.11 Å². The van der Waals surface area contributed by atoms with Crippen LogP contribution in [0.3, 0.4) is 0 Å². The molecular weight excluding hydrogens is 264 g/mol. The minimum atomic E-state index is -2.55. The maximum Gasteiger partial charge on any atom is 0.253 e. The molecule has 0 aliphatic carbocycles. The van der Waals surface area contributed by atoms with Gasteiger partial charge in [-0.1, -0.05) is 6.07 Å². The molecular formula is C7H5ClO5S2. The summed E-state index contributed by atoms with van der Waals surface area (Å²) in [5, 5.41) is -0.959. The zero-order valence-electron chi connectivity index (χ0n) is 7.05. The van der Waals surface area contributed by atoms with E-state index in [0.717, 1.165) is 0 Å². The molecule has 1 aromatic carbocycles. The standard InChI is InChI=1S/C7H5ClO5S2/c8-7(9)4-2-1-3-5(14(10)11)6(4)15(12)13/h1-3H,(H,10,11)(H,12,13). The van der Waals surface area contributed by atoms with Crippen molar-refractivity contribution in [1.82, 2.24) is 0 Å². The van der Waals surface area contributed by atoms with E-state index in [-0.39, 0.29) is 10.5 Å². The van der Waals surface area contributed by atoms with E-state index in [1.165, 1.54) is 18.2 Å². The predicted octanol–water partition coefficient (Wildman–Crippen LogP) is 1.23. The van der Waals surface area contributed by atoms with E-state index in [1.807, 2.05) is 0 Å². The lowest BCUT2D eigenvalue weighted by molar-refractivity contribution is 0.107. The highest BCUT2D eigenvalue weighted by molar-refractivity contribution is 7.82. The summed E-state index contributed by atoms with van der Waals surface area (Å²) in [7, 11) is 0. The van der Waals surface area contributed by atoms with Gasteiger partial charge in [0.15, 0.2) is 22.2 Å². The zero-order valence-corrected chi connectivity index (χ0v) is 9.43. The minimum absolute atomic E-state index is 0.252. The van der Waals surface area contributed by atoms with Crippen molar-refractivity contribution >= 4 is 39.0 Å². The number of hydrogen-bond donors (Lipinski definition) is 2. The molecule has 0 radical (unpaired) electrons. The Morgan fingerprint density at radius 3 is 2.20 bits per heavy atom. The topological polar surface area (TPSA) is 91.7 Å². The van der Waals surface area contributed by atoms with Crippen molar-refractivity contribution < 1.29 is 22.3 Å². The Morgan fingerprint density at radius 1 is 1.20 bits per heavy atom. The van der Waals surface area contributed by atoms with Gasteiger partial charge in [0, 0.05) is 0 Å². The summed E-state index contributed by atoms with van der Waals surface area (Å²) >= 11 is 0.161. The second-order valence-corrected chi connectivity index (χ2v) is 4.59. The second kappa shape index (κ2) is 4.95. The number of rotatable bonds is 3. The monoisotopic (exact) mass is 268 g/mol. The molecule has 0 bridgehead atoms. The van der Waals surface area contributed by atoms with E-state index >= 15 is 0 Å². The van der Waals surface area contributed by atoms with Gasteiger partial charge in [0.2, 0.25) is 0 Å². The van der Waals surface area contributed by atoms with E-state index in [9.17, 15) is 13.2 Å². The smallest absolute Gasteiger partial charge is 0.253 e. The average Bonchev–Trinajstić information content (AvgIpc) is 2.16. The average molecular weight is 269 g/mol. The lowest BCUT2D eigenvalue weighted by atomic mass is 10.2. The molecule has 0 spiro atoms. The molecule has 15 heavy (non-hydrogen) atoms. The van der Waals surface area contributed by atoms with Crippen LogP contribution in [-0.4, -0.2) is 22.8 Å².